The maximum absolute atomic E-state index is 13.3. The van der Waals surface area contributed by atoms with Crippen LogP contribution < -0.4 is 0 Å². The van der Waals surface area contributed by atoms with Gasteiger partial charge < -0.3 is 10.0 Å². The molecular formula is C32H55NO3. The Balaban J connectivity index is 1.36. The predicted molar refractivity (Wildman–Crippen MR) is 149 cm³/mol. The van der Waals surface area contributed by atoms with Crippen LogP contribution in [-0.4, -0.2) is 39.9 Å². The van der Waals surface area contributed by atoms with E-state index in [-0.39, 0.29) is 12.0 Å². The number of Topliss-reactive ketones (excluding diaryl/α,β-unsaturated/α-hetero) is 1. The number of rotatable bonds is 15. The van der Waals surface area contributed by atoms with Crippen molar-refractivity contribution in [2.24, 2.45) is 11.8 Å². The van der Waals surface area contributed by atoms with Crippen LogP contribution >= 0.6 is 0 Å². The molecule has 1 N–H and O–H groups in total. The second kappa shape index (κ2) is 16.6. The minimum atomic E-state index is -0.368. The molecule has 3 fully saturated rings. The van der Waals surface area contributed by atoms with Crippen LogP contribution in [0.4, 0.5) is 0 Å². The Labute approximate surface area is 221 Å². The lowest BCUT2D eigenvalue weighted by Gasteiger charge is -2.42. The summed E-state index contributed by atoms with van der Waals surface area (Å²) in [4.78, 5) is 28.2. The summed E-state index contributed by atoms with van der Waals surface area (Å²) >= 11 is 0. The van der Waals surface area contributed by atoms with Crippen LogP contribution in [0.1, 0.15) is 148 Å². The first-order chi connectivity index (χ1) is 17.6. The molecular weight excluding hydrogens is 446 g/mol. The third kappa shape index (κ3) is 9.62. The molecule has 0 bridgehead atoms. The molecule has 0 spiro atoms. The van der Waals surface area contributed by atoms with E-state index >= 15 is 0 Å². The summed E-state index contributed by atoms with van der Waals surface area (Å²) in [5.41, 5.74) is 0. The second-order valence-corrected chi connectivity index (χ2v) is 12.1. The van der Waals surface area contributed by atoms with Gasteiger partial charge in [-0.1, -0.05) is 96.1 Å². The number of hydrogen-bond acceptors (Lipinski definition) is 3. The second-order valence-electron chi connectivity index (χ2n) is 12.1. The molecule has 0 aliphatic heterocycles. The summed E-state index contributed by atoms with van der Waals surface area (Å²) in [6.45, 7) is 2.18. The van der Waals surface area contributed by atoms with Crippen molar-refractivity contribution in [3.8, 4) is 0 Å². The number of hydrogen-bond donors (Lipinski definition) is 1. The number of nitrogens with zero attached hydrogens (tertiary/aromatic N) is 1. The van der Waals surface area contributed by atoms with Gasteiger partial charge in [-0.3, -0.25) is 9.59 Å². The minimum Gasteiger partial charge on any atom is -0.389 e. The summed E-state index contributed by atoms with van der Waals surface area (Å²) in [7, 11) is 0. The van der Waals surface area contributed by atoms with Crippen LogP contribution in [0.5, 0.6) is 0 Å². The van der Waals surface area contributed by atoms with Crippen molar-refractivity contribution in [2.75, 3.05) is 0 Å². The van der Waals surface area contributed by atoms with Gasteiger partial charge in [0.1, 0.15) is 5.78 Å². The van der Waals surface area contributed by atoms with Crippen molar-refractivity contribution in [1.29, 1.82) is 0 Å². The Bertz CT molecular complexity index is 644. The molecule has 0 aromatic heterocycles. The third-order valence-electron chi connectivity index (χ3n) is 9.22. The van der Waals surface area contributed by atoms with Crippen molar-refractivity contribution < 1.29 is 14.7 Å². The van der Waals surface area contributed by atoms with E-state index in [1.54, 1.807) is 0 Å². The van der Waals surface area contributed by atoms with E-state index in [4.69, 9.17) is 0 Å². The molecule has 0 heterocycles. The smallest absolute Gasteiger partial charge is 0.223 e. The van der Waals surface area contributed by atoms with E-state index in [9.17, 15) is 14.7 Å². The lowest BCUT2D eigenvalue weighted by atomic mass is 9.88. The standard InChI is InChI=1S/C32H55NO3/c1-2-3-8-19-29(34)24-22-26-23-25-31(35)30(26)20-13-4-5-14-21-32(36)33(27-15-9-6-10-16-27)28-17-11-7-12-18-28/h22,24,26-30,34H,2-21,23,25H2,1H3. The fraction of sp³-hybridized carbons (Fsp3) is 0.875. The molecule has 0 aromatic rings. The zero-order valence-corrected chi connectivity index (χ0v) is 23.3. The average Bonchev–Trinajstić information content (AvgIpc) is 3.25. The van der Waals surface area contributed by atoms with Crippen LogP contribution in [0.3, 0.4) is 0 Å². The first kappa shape index (κ1) is 29.4. The number of allylic oxidation sites excluding steroid dienone is 1. The molecule has 4 heteroatoms. The minimum absolute atomic E-state index is 0.138. The number of carbonyl (C=O) groups is 2. The van der Waals surface area contributed by atoms with Gasteiger partial charge in [0.25, 0.3) is 0 Å². The normalized spacial score (nSPS) is 25.0. The van der Waals surface area contributed by atoms with Crippen molar-refractivity contribution >= 4 is 11.7 Å². The Morgan fingerprint density at radius 1 is 0.889 bits per heavy atom. The molecule has 3 unspecified atom stereocenters. The van der Waals surface area contributed by atoms with Gasteiger partial charge >= 0.3 is 0 Å². The number of amides is 1. The number of aliphatic hydroxyl groups excluding tert-OH is 1. The molecule has 3 atom stereocenters. The van der Waals surface area contributed by atoms with E-state index in [0.29, 0.717) is 42.5 Å². The van der Waals surface area contributed by atoms with Crippen LogP contribution in [0.15, 0.2) is 12.2 Å². The maximum Gasteiger partial charge on any atom is 0.223 e. The molecule has 1 amide bonds. The molecule has 0 radical (unpaired) electrons. The third-order valence-corrected chi connectivity index (χ3v) is 9.22. The summed E-state index contributed by atoms with van der Waals surface area (Å²) < 4.78 is 0. The zero-order chi connectivity index (χ0) is 25.6. The fourth-order valence-electron chi connectivity index (χ4n) is 7.06. The maximum atomic E-state index is 13.3. The monoisotopic (exact) mass is 501 g/mol. The predicted octanol–water partition coefficient (Wildman–Crippen LogP) is 7.91. The molecule has 206 valence electrons. The Morgan fingerprint density at radius 2 is 1.53 bits per heavy atom. The van der Waals surface area contributed by atoms with E-state index in [0.717, 1.165) is 51.4 Å². The average molecular weight is 502 g/mol. The highest BCUT2D eigenvalue weighted by Gasteiger charge is 2.33. The first-order valence-corrected chi connectivity index (χ1v) is 15.8. The topological polar surface area (TPSA) is 57.6 Å². The van der Waals surface area contributed by atoms with Gasteiger partial charge in [0.15, 0.2) is 0 Å². The van der Waals surface area contributed by atoms with Crippen LogP contribution in [0.25, 0.3) is 0 Å². The summed E-state index contributed by atoms with van der Waals surface area (Å²) in [6.07, 6.45) is 28.2. The van der Waals surface area contributed by atoms with Crippen molar-refractivity contribution in [1.82, 2.24) is 4.90 Å². The summed E-state index contributed by atoms with van der Waals surface area (Å²) in [5.74, 6) is 1.27. The quantitative estimate of drug-likeness (QED) is 0.183. The molecule has 3 rings (SSSR count). The van der Waals surface area contributed by atoms with Crippen molar-refractivity contribution in [3.05, 3.63) is 12.2 Å². The van der Waals surface area contributed by atoms with Crippen molar-refractivity contribution in [2.45, 2.75) is 166 Å². The number of aliphatic hydroxyl groups is 1. The molecule has 3 saturated carbocycles. The van der Waals surface area contributed by atoms with Gasteiger partial charge in [0, 0.05) is 30.8 Å². The molecule has 3 aliphatic rings. The van der Waals surface area contributed by atoms with Gasteiger partial charge in [-0.15, -0.1) is 0 Å². The lowest BCUT2D eigenvalue weighted by Crippen LogP contribution is -2.48. The van der Waals surface area contributed by atoms with Crippen molar-refractivity contribution in [3.63, 3.8) is 0 Å². The van der Waals surface area contributed by atoms with E-state index in [1.165, 1.54) is 77.0 Å². The van der Waals surface area contributed by atoms with Gasteiger partial charge in [-0.25, -0.2) is 0 Å². The number of unbranched alkanes of at least 4 members (excludes halogenated alkanes) is 5. The summed E-state index contributed by atoms with van der Waals surface area (Å²) in [6, 6.07) is 0.996. The number of carbonyl (C=O) groups excluding carboxylic acids is 2. The molecule has 36 heavy (non-hydrogen) atoms. The SMILES string of the molecule is CCCCCC(O)C=CC1CCC(=O)C1CCCCCCC(=O)N(C1CCCCC1)C1CCCCC1. The molecule has 0 aromatic carbocycles. The number of ketones is 1. The molecule has 0 saturated heterocycles. The van der Waals surface area contributed by atoms with Gasteiger partial charge in [-0.05, 0) is 57.3 Å². The van der Waals surface area contributed by atoms with Crippen LogP contribution in [0, 0.1) is 11.8 Å². The van der Waals surface area contributed by atoms with Crippen LogP contribution in [0.2, 0.25) is 0 Å². The first-order valence-electron chi connectivity index (χ1n) is 15.8. The van der Waals surface area contributed by atoms with Gasteiger partial charge in [0.2, 0.25) is 5.91 Å². The molecule has 3 aliphatic carbocycles. The van der Waals surface area contributed by atoms with Gasteiger partial charge in [-0.2, -0.15) is 0 Å². The largest absolute Gasteiger partial charge is 0.389 e. The van der Waals surface area contributed by atoms with E-state index < -0.39 is 0 Å². The lowest BCUT2D eigenvalue weighted by molar-refractivity contribution is -0.138. The zero-order valence-electron chi connectivity index (χ0n) is 23.3. The molecule has 4 nitrogen and oxygen atoms in total. The van der Waals surface area contributed by atoms with E-state index in [1.807, 2.05) is 6.08 Å². The highest BCUT2D eigenvalue weighted by atomic mass is 16.3. The highest BCUT2D eigenvalue weighted by molar-refractivity contribution is 5.83. The van der Waals surface area contributed by atoms with E-state index in [2.05, 4.69) is 17.9 Å². The fourth-order valence-corrected chi connectivity index (χ4v) is 7.06. The van der Waals surface area contributed by atoms with Gasteiger partial charge in [0.05, 0.1) is 6.10 Å². The summed E-state index contributed by atoms with van der Waals surface area (Å²) in [5, 5.41) is 10.2. The Morgan fingerprint density at radius 3 is 2.17 bits per heavy atom. The Kier molecular flexibility index (Phi) is 13.6. The highest BCUT2D eigenvalue weighted by Crippen LogP contribution is 2.34. The Hall–Kier alpha value is -1.16. The van der Waals surface area contributed by atoms with Crippen LogP contribution in [-0.2, 0) is 9.59 Å².